The minimum Gasteiger partial charge on any atom is -0.330 e. The Kier molecular flexibility index (Phi) is 5.66. The number of carbonyl (C=O) groups excluding carboxylic acids is 1. The van der Waals surface area contributed by atoms with Crippen LogP contribution in [0.5, 0.6) is 0 Å². The number of rotatable bonds is 6. The molecule has 2 nitrogen and oxygen atoms in total. The molecular weight excluding hydrogens is 234 g/mol. The average molecular weight is 254 g/mol. The van der Waals surface area contributed by atoms with Gasteiger partial charge in [0.15, 0.2) is 0 Å². The largest absolute Gasteiger partial charge is 0.330 e. The van der Waals surface area contributed by atoms with Gasteiger partial charge in [-0.15, -0.1) is 0 Å². The molecule has 94 valence electrons. The summed E-state index contributed by atoms with van der Waals surface area (Å²) in [7, 11) is 0. The van der Waals surface area contributed by atoms with E-state index in [0.29, 0.717) is 23.9 Å². The minimum atomic E-state index is -0.0334. The molecule has 1 aromatic carbocycles. The highest BCUT2D eigenvalue weighted by Crippen LogP contribution is 2.16. The summed E-state index contributed by atoms with van der Waals surface area (Å²) >= 11 is 5.89. The number of Topliss-reactive ketones (excluding diaryl/α,β-unsaturated/α-hetero) is 1. The molecule has 1 unspecified atom stereocenters. The van der Waals surface area contributed by atoms with E-state index in [-0.39, 0.29) is 11.7 Å². The molecule has 1 rings (SSSR count). The number of benzene rings is 1. The highest BCUT2D eigenvalue weighted by atomic mass is 35.5. The summed E-state index contributed by atoms with van der Waals surface area (Å²) in [6, 6.07) is 7.43. The third-order valence-electron chi connectivity index (χ3n) is 2.76. The SMILES string of the molecule is CC(C)CC(CN)C(=O)Cc1cccc(Cl)c1. The lowest BCUT2D eigenvalue weighted by atomic mass is 9.90. The fourth-order valence-electron chi connectivity index (χ4n) is 1.92. The Hall–Kier alpha value is -0.860. The second-order valence-corrected chi connectivity index (χ2v) is 5.27. The first-order valence-electron chi connectivity index (χ1n) is 6.00. The summed E-state index contributed by atoms with van der Waals surface area (Å²) in [5.74, 6) is 0.671. The maximum Gasteiger partial charge on any atom is 0.141 e. The summed E-state index contributed by atoms with van der Waals surface area (Å²) in [6.45, 7) is 4.64. The van der Waals surface area contributed by atoms with E-state index in [1.54, 1.807) is 0 Å². The summed E-state index contributed by atoms with van der Waals surface area (Å²) < 4.78 is 0. The smallest absolute Gasteiger partial charge is 0.141 e. The van der Waals surface area contributed by atoms with Crippen molar-refractivity contribution in [1.29, 1.82) is 0 Å². The molecule has 0 saturated heterocycles. The molecule has 0 spiro atoms. The zero-order chi connectivity index (χ0) is 12.8. The molecule has 0 amide bonds. The quantitative estimate of drug-likeness (QED) is 0.847. The maximum absolute atomic E-state index is 12.1. The van der Waals surface area contributed by atoms with E-state index in [2.05, 4.69) is 13.8 Å². The monoisotopic (exact) mass is 253 g/mol. The van der Waals surface area contributed by atoms with Crippen LogP contribution in [0.4, 0.5) is 0 Å². The number of halogens is 1. The van der Waals surface area contributed by atoms with Gasteiger partial charge in [-0.1, -0.05) is 37.6 Å². The third kappa shape index (κ3) is 4.88. The molecule has 0 bridgehead atoms. The van der Waals surface area contributed by atoms with Crippen LogP contribution in [0.1, 0.15) is 25.8 Å². The molecule has 0 aliphatic rings. The second-order valence-electron chi connectivity index (χ2n) is 4.84. The Morgan fingerprint density at radius 2 is 2.12 bits per heavy atom. The van der Waals surface area contributed by atoms with Gasteiger partial charge in [0.1, 0.15) is 5.78 Å². The molecule has 2 N–H and O–H groups in total. The Labute approximate surface area is 108 Å². The average Bonchev–Trinajstić information content (AvgIpc) is 2.25. The van der Waals surface area contributed by atoms with E-state index in [4.69, 9.17) is 17.3 Å². The fourth-order valence-corrected chi connectivity index (χ4v) is 2.13. The van der Waals surface area contributed by atoms with Crippen molar-refractivity contribution in [3.05, 3.63) is 34.9 Å². The number of ketones is 1. The van der Waals surface area contributed by atoms with Crippen molar-refractivity contribution in [2.45, 2.75) is 26.7 Å². The normalized spacial score (nSPS) is 12.8. The fraction of sp³-hybridized carbons (Fsp3) is 0.500. The van der Waals surface area contributed by atoms with Crippen LogP contribution in [0.15, 0.2) is 24.3 Å². The van der Waals surface area contributed by atoms with Crippen LogP contribution in [0.3, 0.4) is 0 Å². The van der Waals surface area contributed by atoms with E-state index in [1.807, 2.05) is 24.3 Å². The second kappa shape index (κ2) is 6.77. The predicted octanol–water partition coefficient (Wildman–Crippen LogP) is 3.07. The molecular formula is C14H20ClNO. The Morgan fingerprint density at radius 1 is 1.41 bits per heavy atom. The van der Waals surface area contributed by atoms with Gasteiger partial charge in [-0.05, 0) is 30.0 Å². The van der Waals surface area contributed by atoms with Crippen molar-refractivity contribution in [2.24, 2.45) is 17.6 Å². The van der Waals surface area contributed by atoms with Gasteiger partial charge in [-0.25, -0.2) is 0 Å². The molecule has 1 aromatic rings. The Morgan fingerprint density at radius 3 is 2.65 bits per heavy atom. The zero-order valence-electron chi connectivity index (χ0n) is 10.4. The molecule has 0 aliphatic carbocycles. The number of nitrogens with two attached hydrogens (primary N) is 1. The Balaban J connectivity index is 2.64. The lowest BCUT2D eigenvalue weighted by molar-refractivity contribution is -0.122. The van der Waals surface area contributed by atoms with Crippen molar-refractivity contribution < 1.29 is 4.79 Å². The third-order valence-corrected chi connectivity index (χ3v) is 3.00. The van der Waals surface area contributed by atoms with E-state index in [1.165, 1.54) is 0 Å². The van der Waals surface area contributed by atoms with Crippen LogP contribution in [0.2, 0.25) is 5.02 Å². The van der Waals surface area contributed by atoms with Crippen molar-refractivity contribution in [2.75, 3.05) is 6.54 Å². The van der Waals surface area contributed by atoms with Gasteiger partial charge in [-0.3, -0.25) is 4.79 Å². The van der Waals surface area contributed by atoms with Crippen LogP contribution in [-0.2, 0) is 11.2 Å². The van der Waals surface area contributed by atoms with Gasteiger partial charge in [0, 0.05) is 23.9 Å². The van der Waals surface area contributed by atoms with E-state index in [0.717, 1.165) is 12.0 Å². The molecule has 0 saturated carbocycles. The van der Waals surface area contributed by atoms with E-state index in [9.17, 15) is 4.79 Å². The standard InChI is InChI=1S/C14H20ClNO/c1-10(2)6-12(9-16)14(17)8-11-4-3-5-13(15)7-11/h3-5,7,10,12H,6,8-9,16H2,1-2H3. The van der Waals surface area contributed by atoms with Gasteiger partial charge in [0.05, 0.1) is 0 Å². The highest BCUT2D eigenvalue weighted by Gasteiger charge is 2.18. The van der Waals surface area contributed by atoms with Crippen LogP contribution in [0.25, 0.3) is 0 Å². The van der Waals surface area contributed by atoms with Gasteiger partial charge in [0.2, 0.25) is 0 Å². The van der Waals surface area contributed by atoms with Gasteiger partial charge < -0.3 is 5.73 Å². The van der Waals surface area contributed by atoms with Crippen molar-refractivity contribution in [1.82, 2.24) is 0 Å². The van der Waals surface area contributed by atoms with E-state index >= 15 is 0 Å². The molecule has 0 aromatic heterocycles. The number of hydrogen-bond donors (Lipinski definition) is 1. The summed E-state index contributed by atoms with van der Waals surface area (Å²) in [4.78, 5) is 12.1. The van der Waals surface area contributed by atoms with Crippen molar-refractivity contribution in [3.8, 4) is 0 Å². The molecule has 0 aliphatic heterocycles. The zero-order valence-corrected chi connectivity index (χ0v) is 11.2. The first-order chi connectivity index (χ1) is 8.02. The van der Waals surface area contributed by atoms with Crippen LogP contribution in [0, 0.1) is 11.8 Å². The first kappa shape index (κ1) is 14.2. The van der Waals surface area contributed by atoms with Crippen molar-refractivity contribution >= 4 is 17.4 Å². The number of carbonyl (C=O) groups is 1. The number of hydrogen-bond acceptors (Lipinski definition) is 2. The maximum atomic E-state index is 12.1. The molecule has 0 heterocycles. The van der Waals surface area contributed by atoms with E-state index < -0.39 is 0 Å². The first-order valence-corrected chi connectivity index (χ1v) is 6.38. The Bertz CT molecular complexity index is 376. The molecule has 0 fully saturated rings. The summed E-state index contributed by atoms with van der Waals surface area (Å²) in [5, 5.41) is 0.670. The van der Waals surface area contributed by atoms with Crippen LogP contribution >= 0.6 is 11.6 Å². The van der Waals surface area contributed by atoms with Gasteiger partial charge in [0.25, 0.3) is 0 Å². The van der Waals surface area contributed by atoms with Crippen molar-refractivity contribution in [3.63, 3.8) is 0 Å². The lowest BCUT2D eigenvalue weighted by Crippen LogP contribution is -2.26. The minimum absolute atomic E-state index is 0.0334. The van der Waals surface area contributed by atoms with Crippen LogP contribution < -0.4 is 5.73 Å². The topological polar surface area (TPSA) is 43.1 Å². The summed E-state index contributed by atoms with van der Waals surface area (Å²) in [5.41, 5.74) is 6.62. The summed E-state index contributed by atoms with van der Waals surface area (Å²) in [6.07, 6.45) is 1.28. The van der Waals surface area contributed by atoms with Gasteiger partial charge >= 0.3 is 0 Å². The van der Waals surface area contributed by atoms with Gasteiger partial charge in [-0.2, -0.15) is 0 Å². The molecule has 3 heteroatoms. The predicted molar refractivity (Wildman–Crippen MR) is 72.2 cm³/mol. The van der Waals surface area contributed by atoms with Crippen LogP contribution in [-0.4, -0.2) is 12.3 Å². The lowest BCUT2D eigenvalue weighted by Gasteiger charge is -2.15. The molecule has 1 atom stereocenters. The highest BCUT2D eigenvalue weighted by molar-refractivity contribution is 6.30. The molecule has 0 radical (unpaired) electrons. The molecule has 17 heavy (non-hydrogen) atoms.